The highest BCUT2D eigenvalue weighted by atomic mass is 16.6. The van der Waals surface area contributed by atoms with Gasteiger partial charge in [0.2, 0.25) is 0 Å². The molecule has 0 saturated heterocycles. The van der Waals surface area contributed by atoms with Crippen LogP contribution in [0, 0.1) is 0 Å². The second kappa shape index (κ2) is 8.04. The van der Waals surface area contributed by atoms with Gasteiger partial charge in [-0.2, -0.15) is 4.99 Å². The number of methoxy groups -OCH3 is 1. The van der Waals surface area contributed by atoms with E-state index in [0.29, 0.717) is 17.0 Å². The molecular weight excluding hydrogens is 380 g/mol. The van der Waals surface area contributed by atoms with Gasteiger partial charge >= 0.3 is 5.91 Å². The van der Waals surface area contributed by atoms with Crippen LogP contribution in [0.25, 0.3) is 0 Å². The molecule has 7 heteroatoms. The van der Waals surface area contributed by atoms with E-state index in [1.807, 2.05) is 42.3 Å². The molecular formula is C23H24N4O3. The van der Waals surface area contributed by atoms with E-state index in [1.165, 1.54) is 11.9 Å². The van der Waals surface area contributed by atoms with Crippen LogP contribution in [0.3, 0.4) is 0 Å². The molecule has 7 nitrogen and oxygen atoms in total. The molecule has 0 saturated carbocycles. The van der Waals surface area contributed by atoms with Gasteiger partial charge in [0.05, 0.1) is 42.3 Å². The number of nitrogens with one attached hydrogen (secondary N) is 1. The molecule has 0 aliphatic carbocycles. The normalized spacial score (nSPS) is 17.1. The van der Waals surface area contributed by atoms with Gasteiger partial charge in [0.1, 0.15) is 11.5 Å². The monoisotopic (exact) mass is 404 g/mol. The molecule has 2 N–H and O–H groups in total. The minimum atomic E-state index is -1.86. The molecule has 2 heterocycles. The highest BCUT2D eigenvalue weighted by molar-refractivity contribution is 5.80. The van der Waals surface area contributed by atoms with Crippen molar-refractivity contribution in [2.24, 2.45) is 4.99 Å². The van der Waals surface area contributed by atoms with Gasteiger partial charge in [0.15, 0.2) is 0 Å². The first kappa shape index (κ1) is 19.7. The summed E-state index contributed by atoms with van der Waals surface area (Å²) in [4.78, 5) is 10.2. The zero-order valence-corrected chi connectivity index (χ0v) is 17.2. The highest BCUT2D eigenvalue weighted by Crippen LogP contribution is 2.41. The molecule has 2 aromatic carbocycles. The van der Waals surface area contributed by atoms with Crippen LogP contribution in [0.2, 0.25) is 0 Å². The molecule has 1 unspecified atom stereocenters. The van der Waals surface area contributed by atoms with Crippen molar-refractivity contribution in [3.8, 4) is 11.5 Å². The average molecular weight is 404 g/mol. The van der Waals surface area contributed by atoms with E-state index in [4.69, 9.17) is 9.47 Å². The van der Waals surface area contributed by atoms with Crippen molar-refractivity contribution in [1.29, 1.82) is 0 Å². The summed E-state index contributed by atoms with van der Waals surface area (Å²) in [5.41, 5.74) is 3.96. The largest absolute Gasteiger partial charge is 0.495 e. The lowest BCUT2D eigenvalue weighted by atomic mass is 10.1. The lowest BCUT2D eigenvalue weighted by Crippen LogP contribution is -2.35. The Kier molecular flexibility index (Phi) is 5.29. The Hall–Kier alpha value is -3.58. The molecule has 1 aromatic heterocycles. The van der Waals surface area contributed by atoms with E-state index >= 15 is 0 Å². The number of aryl methyl sites for hydroxylation is 1. The van der Waals surface area contributed by atoms with E-state index in [-0.39, 0.29) is 0 Å². The maximum absolute atomic E-state index is 11.2. The molecule has 3 aromatic rings. The van der Waals surface area contributed by atoms with Crippen LogP contribution in [0.1, 0.15) is 18.1 Å². The molecule has 0 bridgehead atoms. The van der Waals surface area contributed by atoms with Crippen LogP contribution >= 0.6 is 0 Å². The number of ether oxygens (including phenoxy) is 2. The van der Waals surface area contributed by atoms with Gasteiger partial charge in [0, 0.05) is 13.2 Å². The summed E-state index contributed by atoms with van der Waals surface area (Å²) >= 11 is 0. The number of para-hydroxylation sites is 2. The van der Waals surface area contributed by atoms with Gasteiger partial charge in [-0.15, -0.1) is 0 Å². The lowest BCUT2D eigenvalue weighted by Gasteiger charge is -2.31. The first-order valence-electron chi connectivity index (χ1n) is 9.71. The Morgan fingerprint density at radius 3 is 2.70 bits per heavy atom. The molecule has 1 aliphatic heterocycles. The summed E-state index contributed by atoms with van der Waals surface area (Å²) in [6.07, 6.45) is 5.54. The number of fused-ring (bicyclic) bond motifs is 1. The van der Waals surface area contributed by atoms with Crippen molar-refractivity contribution in [2.75, 3.05) is 24.4 Å². The molecule has 0 fully saturated rings. The van der Waals surface area contributed by atoms with Crippen LogP contribution in [-0.2, 0) is 12.3 Å². The fourth-order valence-electron chi connectivity index (χ4n) is 3.46. The minimum Gasteiger partial charge on any atom is -0.495 e. The van der Waals surface area contributed by atoms with E-state index < -0.39 is 5.91 Å². The number of benzene rings is 2. The molecule has 0 radical (unpaired) electrons. The topological polar surface area (TPSA) is 79.2 Å². The number of hydrogen-bond donors (Lipinski definition) is 2. The van der Waals surface area contributed by atoms with Crippen LogP contribution in [0.5, 0.6) is 11.5 Å². The summed E-state index contributed by atoms with van der Waals surface area (Å²) in [7, 11) is 3.59. The van der Waals surface area contributed by atoms with Crippen LogP contribution in [0.4, 0.5) is 17.1 Å². The second-order valence-electron chi connectivity index (χ2n) is 6.92. The van der Waals surface area contributed by atoms with Crippen molar-refractivity contribution < 1.29 is 14.6 Å². The molecule has 1 atom stereocenters. The van der Waals surface area contributed by atoms with Gasteiger partial charge in [-0.05, 0) is 42.3 Å². The zero-order valence-electron chi connectivity index (χ0n) is 17.2. The number of rotatable bonds is 6. The number of hydrogen-bond acceptors (Lipinski definition) is 7. The van der Waals surface area contributed by atoms with Crippen molar-refractivity contribution in [2.45, 2.75) is 19.3 Å². The molecule has 0 amide bonds. The van der Waals surface area contributed by atoms with E-state index in [0.717, 1.165) is 23.5 Å². The zero-order chi connectivity index (χ0) is 21.1. The smallest absolute Gasteiger partial charge is 0.342 e. The second-order valence-corrected chi connectivity index (χ2v) is 6.92. The summed E-state index contributed by atoms with van der Waals surface area (Å²) < 4.78 is 11.7. The minimum absolute atomic E-state index is 0.478. The van der Waals surface area contributed by atoms with Crippen LogP contribution in [-0.4, -0.2) is 30.6 Å². The van der Waals surface area contributed by atoms with E-state index in [9.17, 15) is 5.11 Å². The van der Waals surface area contributed by atoms with Gasteiger partial charge in [0.25, 0.3) is 0 Å². The fraction of sp³-hybridized carbons (Fsp3) is 0.217. The molecule has 4 rings (SSSR count). The maximum atomic E-state index is 11.2. The summed E-state index contributed by atoms with van der Waals surface area (Å²) in [6, 6.07) is 15.3. The Bertz CT molecular complexity index is 1090. The average Bonchev–Trinajstić information content (AvgIpc) is 2.79. The van der Waals surface area contributed by atoms with E-state index in [2.05, 4.69) is 28.3 Å². The highest BCUT2D eigenvalue weighted by Gasteiger charge is 2.37. The van der Waals surface area contributed by atoms with Crippen molar-refractivity contribution in [1.82, 2.24) is 4.98 Å². The van der Waals surface area contributed by atoms with Crippen molar-refractivity contribution in [3.05, 3.63) is 72.1 Å². The Labute approximate surface area is 175 Å². The summed E-state index contributed by atoms with van der Waals surface area (Å²) in [5, 5.41) is 14.2. The summed E-state index contributed by atoms with van der Waals surface area (Å²) in [5.74, 6) is -0.621. The van der Waals surface area contributed by atoms with Crippen molar-refractivity contribution in [3.63, 3.8) is 0 Å². The third kappa shape index (κ3) is 3.55. The van der Waals surface area contributed by atoms with Gasteiger partial charge in [-0.25, -0.2) is 0 Å². The van der Waals surface area contributed by atoms with Crippen LogP contribution < -0.4 is 19.7 Å². The first-order valence-corrected chi connectivity index (χ1v) is 9.71. The third-order valence-electron chi connectivity index (χ3n) is 5.12. The standard InChI is InChI=1S/C23H24N4O3/c1-4-16-9-10-20(22(13-16)29-3)27(2)19-7-5-6-8-21(19)30-23(28)17-11-12-24-14-18(17)25-15-26-23/h5-15,28H,4H2,1-3H3,(H,25,26). The predicted molar refractivity (Wildman–Crippen MR) is 118 cm³/mol. The number of aromatic nitrogens is 1. The molecule has 154 valence electrons. The van der Waals surface area contributed by atoms with Crippen molar-refractivity contribution >= 4 is 23.4 Å². The number of pyridine rings is 1. The maximum Gasteiger partial charge on any atom is 0.342 e. The Morgan fingerprint density at radius 2 is 1.90 bits per heavy atom. The van der Waals surface area contributed by atoms with Gasteiger partial charge in [-0.3, -0.25) is 4.98 Å². The quantitative estimate of drug-likeness (QED) is 0.604. The lowest BCUT2D eigenvalue weighted by molar-refractivity contribution is -0.137. The third-order valence-corrected chi connectivity index (χ3v) is 5.12. The van der Waals surface area contributed by atoms with E-state index in [1.54, 1.807) is 31.6 Å². The first-order chi connectivity index (χ1) is 14.6. The molecule has 30 heavy (non-hydrogen) atoms. The Balaban J connectivity index is 1.72. The van der Waals surface area contributed by atoms with Gasteiger partial charge in [-0.1, -0.05) is 25.1 Å². The fourth-order valence-corrected chi connectivity index (χ4v) is 3.46. The van der Waals surface area contributed by atoms with Crippen LogP contribution in [0.15, 0.2) is 65.9 Å². The molecule has 0 spiro atoms. The number of aliphatic imine (C=N–C) groups is 1. The number of anilines is 3. The molecule has 1 aliphatic rings. The Morgan fingerprint density at radius 1 is 1.10 bits per heavy atom. The SMILES string of the molecule is CCc1ccc(N(C)c2ccccc2OC2(O)N=CNc3cnccc32)c(OC)c1. The number of aliphatic hydroxyl groups is 1. The number of nitrogens with zero attached hydrogens (tertiary/aromatic N) is 3. The van der Waals surface area contributed by atoms with Gasteiger partial charge < -0.3 is 24.8 Å². The summed E-state index contributed by atoms with van der Waals surface area (Å²) in [6.45, 7) is 2.11. The predicted octanol–water partition coefficient (Wildman–Crippen LogP) is 4.06.